The van der Waals surface area contributed by atoms with E-state index >= 15 is 0 Å². The molecule has 1 aliphatic rings. The summed E-state index contributed by atoms with van der Waals surface area (Å²) in [5.41, 5.74) is 0.927. The molecule has 8 heteroatoms. The second kappa shape index (κ2) is 6.45. The number of nitrogens with one attached hydrogen (secondary N) is 1. The third-order valence-electron chi connectivity index (χ3n) is 3.60. The maximum Gasteiger partial charge on any atom is 0.326 e. The number of amides is 1. The van der Waals surface area contributed by atoms with Crippen LogP contribution in [0, 0.1) is 6.92 Å². The third kappa shape index (κ3) is 3.63. The van der Waals surface area contributed by atoms with E-state index in [0.717, 1.165) is 5.56 Å². The highest BCUT2D eigenvalue weighted by molar-refractivity contribution is 7.89. The van der Waals surface area contributed by atoms with E-state index < -0.39 is 34.5 Å². The van der Waals surface area contributed by atoms with Crippen molar-refractivity contribution in [1.29, 1.82) is 0 Å². The second-order valence-corrected chi connectivity index (χ2v) is 6.99. The van der Waals surface area contributed by atoms with Crippen molar-refractivity contribution in [2.45, 2.75) is 30.7 Å². The Morgan fingerprint density at radius 2 is 1.95 bits per heavy atom. The summed E-state index contributed by atoms with van der Waals surface area (Å²) in [6.45, 7) is 1.73. The first kappa shape index (κ1) is 16.4. The van der Waals surface area contributed by atoms with Crippen molar-refractivity contribution >= 4 is 21.9 Å². The molecule has 1 aliphatic heterocycles. The lowest BCUT2D eigenvalue weighted by atomic mass is 10.2. The lowest BCUT2D eigenvalue weighted by Gasteiger charge is -2.21. The van der Waals surface area contributed by atoms with Crippen LogP contribution in [0.3, 0.4) is 0 Å². The van der Waals surface area contributed by atoms with Gasteiger partial charge in [0, 0.05) is 6.54 Å². The maximum absolute atomic E-state index is 12.1. The van der Waals surface area contributed by atoms with Crippen LogP contribution in [-0.2, 0) is 19.6 Å². The lowest BCUT2D eigenvalue weighted by molar-refractivity contribution is -0.147. The zero-order chi connectivity index (χ0) is 16.3. The van der Waals surface area contributed by atoms with Gasteiger partial charge < -0.3 is 10.0 Å². The Morgan fingerprint density at radius 3 is 2.55 bits per heavy atom. The quantitative estimate of drug-likeness (QED) is 0.812. The van der Waals surface area contributed by atoms with Crippen LogP contribution in [-0.4, -0.2) is 49.4 Å². The SMILES string of the molecule is Cc1ccc(S(=O)(=O)NCC(=O)N2CCC[C@H]2C(=O)O)cc1. The Hall–Kier alpha value is -1.93. The fraction of sp³-hybridized carbons (Fsp3) is 0.429. The van der Waals surface area contributed by atoms with E-state index in [0.29, 0.717) is 19.4 Å². The fourth-order valence-electron chi connectivity index (χ4n) is 2.38. The van der Waals surface area contributed by atoms with Crippen molar-refractivity contribution < 1.29 is 23.1 Å². The van der Waals surface area contributed by atoms with Crippen LogP contribution >= 0.6 is 0 Å². The molecule has 0 saturated carbocycles. The minimum Gasteiger partial charge on any atom is -0.480 e. The number of nitrogens with zero attached hydrogens (tertiary/aromatic N) is 1. The molecule has 0 aromatic heterocycles. The molecule has 0 radical (unpaired) electrons. The molecule has 1 aromatic carbocycles. The van der Waals surface area contributed by atoms with Crippen molar-refractivity contribution in [3.05, 3.63) is 29.8 Å². The topological polar surface area (TPSA) is 104 Å². The predicted molar refractivity (Wildman–Crippen MR) is 78.7 cm³/mol. The monoisotopic (exact) mass is 326 g/mol. The molecular formula is C14H18N2O5S. The van der Waals surface area contributed by atoms with Gasteiger partial charge in [0.2, 0.25) is 15.9 Å². The van der Waals surface area contributed by atoms with E-state index in [1.54, 1.807) is 12.1 Å². The molecule has 0 spiro atoms. The standard InChI is InChI=1S/C14H18N2O5S/c1-10-4-6-11(7-5-10)22(20,21)15-9-13(17)16-8-2-3-12(16)14(18)19/h4-7,12,15H,2-3,8-9H2,1H3,(H,18,19)/t12-/m0/s1. The van der Waals surface area contributed by atoms with E-state index in [4.69, 9.17) is 5.11 Å². The summed E-state index contributed by atoms with van der Waals surface area (Å²) in [5.74, 6) is -1.59. The van der Waals surface area contributed by atoms with Crippen LogP contribution in [0.5, 0.6) is 0 Å². The summed E-state index contributed by atoms with van der Waals surface area (Å²) in [7, 11) is -3.78. The summed E-state index contributed by atoms with van der Waals surface area (Å²) in [4.78, 5) is 24.3. The molecule has 22 heavy (non-hydrogen) atoms. The molecule has 1 fully saturated rings. The van der Waals surface area contributed by atoms with Crippen LogP contribution in [0.15, 0.2) is 29.2 Å². The van der Waals surface area contributed by atoms with Crippen molar-refractivity contribution in [2.75, 3.05) is 13.1 Å². The predicted octanol–water partition coefficient (Wildman–Crippen LogP) is 0.349. The second-order valence-electron chi connectivity index (χ2n) is 5.22. The Balaban J connectivity index is 2.01. The number of aryl methyl sites for hydroxylation is 1. The number of hydrogen-bond donors (Lipinski definition) is 2. The number of rotatable bonds is 5. The van der Waals surface area contributed by atoms with E-state index in [1.807, 2.05) is 6.92 Å². The molecule has 120 valence electrons. The van der Waals surface area contributed by atoms with Gasteiger partial charge in [-0.1, -0.05) is 17.7 Å². The highest BCUT2D eigenvalue weighted by Crippen LogP contribution is 2.17. The minimum absolute atomic E-state index is 0.0714. The number of carboxylic acids is 1. The van der Waals surface area contributed by atoms with Gasteiger partial charge in [0.1, 0.15) is 6.04 Å². The van der Waals surface area contributed by atoms with E-state index in [-0.39, 0.29) is 4.90 Å². The van der Waals surface area contributed by atoms with Gasteiger partial charge in [-0.15, -0.1) is 0 Å². The summed E-state index contributed by atoms with van der Waals surface area (Å²) >= 11 is 0. The molecule has 1 heterocycles. The number of likely N-dealkylation sites (tertiary alicyclic amines) is 1. The number of benzene rings is 1. The normalized spacial score (nSPS) is 18.4. The Morgan fingerprint density at radius 1 is 1.32 bits per heavy atom. The average molecular weight is 326 g/mol. The van der Waals surface area contributed by atoms with Crippen LogP contribution in [0.1, 0.15) is 18.4 Å². The van der Waals surface area contributed by atoms with Crippen LogP contribution in [0.4, 0.5) is 0 Å². The molecular weight excluding hydrogens is 308 g/mol. The molecule has 1 saturated heterocycles. The molecule has 0 aliphatic carbocycles. The number of carboxylic acid groups (broad SMARTS) is 1. The van der Waals surface area contributed by atoms with Gasteiger partial charge in [-0.05, 0) is 31.9 Å². The number of hydrogen-bond acceptors (Lipinski definition) is 4. The Bertz CT molecular complexity index is 669. The minimum atomic E-state index is -3.78. The fourth-order valence-corrected chi connectivity index (χ4v) is 3.36. The smallest absolute Gasteiger partial charge is 0.326 e. The van der Waals surface area contributed by atoms with Crippen molar-refractivity contribution in [3.8, 4) is 0 Å². The molecule has 7 nitrogen and oxygen atoms in total. The van der Waals surface area contributed by atoms with E-state index in [2.05, 4.69) is 4.72 Å². The van der Waals surface area contributed by atoms with Gasteiger partial charge in [-0.2, -0.15) is 0 Å². The number of carbonyl (C=O) groups is 2. The molecule has 2 rings (SSSR count). The highest BCUT2D eigenvalue weighted by atomic mass is 32.2. The zero-order valence-electron chi connectivity index (χ0n) is 12.2. The molecule has 1 atom stereocenters. The maximum atomic E-state index is 12.1. The third-order valence-corrected chi connectivity index (χ3v) is 5.02. The number of carbonyl (C=O) groups excluding carboxylic acids is 1. The van der Waals surface area contributed by atoms with E-state index in [9.17, 15) is 18.0 Å². The van der Waals surface area contributed by atoms with Gasteiger partial charge in [-0.25, -0.2) is 17.9 Å². The first-order valence-corrected chi connectivity index (χ1v) is 8.38. The van der Waals surface area contributed by atoms with Gasteiger partial charge >= 0.3 is 5.97 Å². The Kier molecular flexibility index (Phi) is 4.82. The summed E-state index contributed by atoms with van der Waals surface area (Å²) < 4.78 is 26.4. The van der Waals surface area contributed by atoms with Gasteiger partial charge in [0.05, 0.1) is 11.4 Å². The molecule has 1 amide bonds. The van der Waals surface area contributed by atoms with Crippen LogP contribution in [0.2, 0.25) is 0 Å². The highest BCUT2D eigenvalue weighted by Gasteiger charge is 2.34. The summed E-state index contributed by atoms with van der Waals surface area (Å²) in [6.07, 6.45) is 0.999. The zero-order valence-corrected chi connectivity index (χ0v) is 13.0. The number of aliphatic carboxylic acids is 1. The van der Waals surface area contributed by atoms with Crippen molar-refractivity contribution in [3.63, 3.8) is 0 Å². The van der Waals surface area contributed by atoms with E-state index in [1.165, 1.54) is 17.0 Å². The Labute approximate surface area is 129 Å². The summed E-state index contributed by atoms with van der Waals surface area (Å²) in [5, 5.41) is 9.03. The summed E-state index contributed by atoms with van der Waals surface area (Å²) in [6, 6.07) is 5.38. The molecule has 0 bridgehead atoms. The average Bonchev–Trinajstić information content (AvgIpc) is 2.95. The van der Waals surface area contributed by atoms with Crippen LogP contribution in [0.25, 0.3) is 0 Å². The molecule has 2 N–H and O–H groups in total. The first-order chi connectivity index (χ1) is 10.3. The van der Waals surface area contributed by atoms with Crippen molar-refractivity contribution in [2.24, 2.45) is 0 Å². The number of sulfonamides is 1. The lowest BCUT2D eigenvalue weighted by Crippen LogP contribution is -2.45. The molecule has 1 aromatic rings. The van der Waals surface area contributed by atoms with Gasteiger partial charge in [0.15, 0.2) is 0 Å². The first-order valence-electron chi connectivity index (χ1n) is 6.90. The largest absolute Gasteiger partial charge is 0.480 e. The van der Waals surface area contributed by atoms with Gasteiger partial charge in [0.25, 0.3) is 0 Å². The molecule has 0 unspecified atom stereocenters. The van der Waals surface area contributed by atoms with Crippen molar-refractivity contribution in [1.82, 2.24) is 9.62 Å². The van der Waals surface area contributed by atoms with Crippen LogP contribution < -0.4 is 4.72 Å². The van der Waals surface area contributed by atoms with Gasteiger partial charge in [-0.3, -0.25) is 4.79 Å².